The molecule has 3 rings (SSSR count). The Labute approximate surface area is 123 Å². The molecule has 2 aromatic rings. The van der Waals surface area contributed by atoms with E-state index in [1.165, 1.54) is 24.0 Å². The van der Waals surface area contributed by atoms with Crippen LogP contribution in [0.5, 0.6) is 0 Å². The first kappa shape index (κ1) is 13.6. The normalized spacial score (nSPS) is 19.1. The molecule has 1 aliphatic rings. The fraction of sp³-hybridized carbons (Fsp3) is 0.438. The number of nitrogens with zero attached hydrogens (tertiary/aromatic N) is 1. The molecule has 20 heavy (non-hydrogen) atoms. The third kappa shape index (κ3) is 2.72. The van der Waals surface area contributed by atoms with E-state index in [4.69, 9.17) is 0 Å². The second kappa shape index (κ2) is 5.94. The molecule has 1 fully saturated rings. The van der Waals surface area contributed by atoms with Crippen molar-refractivity contribution in [3.8, 4) is 0 Å². The Morgan fingerprint density at radius 3 is 3.05 bits per heavy atom. The number of hydrogen-bond acceptors (Lipinski definition) is 3. The number of hydrogen-bond donors (Lipinski definition) is 1. The fourth-order valence-corrected chi connectivity index (χ4v) is 3.78. The van der Waals surface area contributed by atoms with E-state index in [1.807, 2.05) is 35.5 Å². The molecule has 1 amide bonds. The van der Waals surface area contributed by atoms with Crippen LogP contribution in [0.4, 0.5) is 0 Å². The van der Waals surface area contributed by atoms with Crippen molar-refractivity contribution in [3.05, 3.63) is 35.2 Å². The Kier molecular flexibility index (Phi) is 4.03. The predicted molar refractivity (Wildman–Crippen MR) is 84.4 cm³/mol. The number of benzene rings is 1. The molecule has 1 saturated heterocycles. The Balaban J connectivity index is 1.74. The molecule has 106 valence electrons. The third-order valence-electron chi connectivity index (χ3n) is 3.96. The minimum Gasteiger partial charge on any atom is -0.340 e. The summed E-state index contributed by atoms with van der Waals surface area (Å²) in [5.41, 5.74) is 0.837. The third-order valence-corrected chi connectivity index (χ3v) is 4.93. The Bertz CT molecular complexity index is 601. The molecular formula is C16H20N2OS. The lowest BCUT2D eigenvalue weighted by Crippen LogP contribution is -2.44. The van der Waals surface area contributed by atoms with E-state index in [9.17, 15) is 4.79 Å². The van der Waals surface area contributed by atoms with Crippen LogP contribution in [0.25, 0.3) is 10.1 Å². The monoisotopic (exact) mass is 288 g/mol. The van der Waals surface area contributed by atoms with Gasteiger partial charge in [-0.05, 0) is 25.5 Å². The van der Waals surface area contributed by atoms with Crippen LogP contribution in [0.2, 0.25) is 0 Å². The zero-order chi connectivity index (χ0) is 13.9. The van der Waals surface area contributed by atoms with Gasteiger partial charge in [-0.15, -0.1) is 11.3 Å². The van der Waals surface area contributed by atoms with Crippen LogP contribution in [0.3, 0.4) is 0 Å². The van der Waals surface area contributed by atoms with Crippen LogP contribution >= 0.6 is 11.3 Å². The summed E-state index contributed by atoms with van der Waals surface area (Å²) in [5, 5.41) is 6.55. The largest absolute Gasteiger partial charge is 0.340 e. The van der Waals surface area contributed by atoms with E-state index in [1.54, 1.807) is 11.3 Å². The van der Waals surface area contributed by atoms with Gasteiger partial charge in [-0.2, -0.15) is 0 Å². The topological polar surface area (TPSA) is 32.3 Å². The molecule has 1 aromatic carbocycles. The van der Waals surface area contributed by atoms with E-state index in [-0.39, 0.29) is 5.91 Å². The van der Waals surface area contributed by atoms with Gasteiger partial charge in [0.1, 0.15) is 0 Å². The summed E-state index contributed by atoms with van der Waals surface area (Å²) in [4.78, 5) is 14.5. The second-order valence-corrected chi connectivity index (χ2v) is 6.39. The van der Waals surface area contributed by atoms with Gasteiger partial charge in [0.2, 0.25) is 0 Å². The summed E-state index contributed by atoms with van der Waals surface area (Å²) in [6, 6.07) is 8.56. The number of amides is 1. The van der Waals surface area contributed by atoms with Crippen molar-refractivity contribution in [2.75, 3.05) is 20.1 Å². The number of likely N-dealkylation sites (N-methyl/N-ethyl adjacent to an activating group) is 1. The first-order chi connectivity index (χ1) is 9.75. The average Bonchev–Trinajstić information content (AvgIpc) is 2.91. The molecule has 2 heterocycles. The maximum Gasteiger partial charge on any atom is 0.255 e. The van der Waals surface area contributed by atoms with Gasteiger partial charge in [-0.25, -0.2) is 0 Å². The van der Waals surface area contributed by atoms with Crippen LogP contribution in [-0.2, 0) is 0 Å². The summed E-state index contributed by atoms with van der Waals surface area (Å²) in [6.07, 6.45) is 3.69. The van der Waals surface area contributed by atoms with Crippen molar-refractivity contribution in [1.82, 2.24) is 10.2 Å². The number of fused-ring (bicyclic) bond motifs is 1. The predicted octanol–water partition coefficient (Wildman–Crippen LogP) is 3.12. The van der Waals surface area contributed by atoms with Crippen molar-refractivity contribution in [1.29, 1.82) is 0 Å². The number of piperidine rings is 1. The van der Waals surface area contributed by atoms with E-state index >= 15 is 0 Å². The highest BCUT2D eigenvalue weighted by Gasteiger charge is 2.20. The molecule has 0 radical (unpaired) electrons. The standard InChI is InChI=1S/C16H20N2OS/c1-18(10-12-6-4-5-9-17-12)16(19)14-11-20-15-8-3-2-7-13(14)15/h2-3,7-8,11-12,17H,4-6,9-10H2,1H3. The van der Waals surface area contributed by atoms with Crippen molar-refractivity contribution in [2.45, 2.75) is 25.3 Å². The first-order valence-corrected chi connectivity index (χ1v) is 8.09. The Hall–Kier alpha value is -1.39. The fourth-order valence-electron chi connectivity index (χ4n) is 2.84. The highest BCUT2D eigenvalue weighted by Crippen LogP contribution is 2.26. The van der Waals surface area contributed by atoms with E-state index in [2.05, 4.69) is 11.4 Å². The van der Waals surface area contributed by atoms with Gasteiger partial charge in [0.05, 0.1) is 5.56 Å². The molecule has 1 atom stereocenters. The Morgan fingerprint density at radius 2 is 2.25 bits per heavy atom. The molecule has 0 spiro atoms. The lowest BCUT2D eigenvalue weighted by Gasteiger charge is -2.28. The molecule has 0 saturated carbocycles. The van der Waals surface area contributed by atoms with Crippen LogP contribution in [-0.4, -0.2) is 37.0 Å². The maximum absolute atomic E-state index is 12.6. The summed E-state index contributed by atoms with van der Waals surface area (Å²) in [6.45, 7) is 1.87. The molecule has 0 aliphatic carbocycles. The molecule has 1 aromatic heterocycles. The highest BCUT2D eigenvalue weighted by atomic mass is 32.1. The molecule has 1 aliphatic heterocycles. The zero-order valence-corrected chi connectivity index (χ0v) is 12.6. The molecule has 1 unspecified atom stereocenters. The lowest BCUT2D eigenvalue weighted by atomic mass is 10.0. The minimum absolute atomic E-state index is 0.134. The minimum atomic E-state index is 0.134. The van der Waals surface area contributed by atoms with Gasteiger partial charge in [-0.1, -0.05) is 24.6 Å². The highest BCUT2D eigenvalue weighted by molar-refractivity contribution is 7.17. The number of thiophene rings is 1. The Morgan fingerprint density at radius 1 is 1.40 bits per heavy atom. The quantitative estimate of drug-likeness (QED) is 0.941. The molecular weight excluding hydrogens is 268 g/mol. The summed E-state index contributed by atoms with van der Waals surface area (Å²) >= 11 is 1.64. The van der Waals surface area contributed by atoms with Crippen molar-refractivity contribution >= 4 is 27.3 Å². The summed E-state index contributed by atoms with van der Waals surface area (Å²) in [5.74, 6) is 0.134. The van der Waals surface area contributed by atoms with Crippen LogP contribution < -0.4 is 5.32 Å². The summed E-state index contributed by atoms with van der Waals surface area (Å²) < 4.78 is 1.18. The average molecular weight is 288 g/mol. The zero-order valence-electron chi connectivity index (χ0n) is 11.8. The number of rotatable bonds is 3. The second-order valence-electron chi connectivity index (χ2n) is 5.48. The number of carbonyl (C=O) groups excluding carboxylic acids is 1. The number of nitrogens with one attached hydrogen (secondary N) is 1. The number of carbonyl (C=O) groups is 1. The smallest absolute Gasteiger partial charge is 0.255 e. The van der Waals surface area contributed by atoms with Crippen molar-refractivity contribution in [3.63, 3.8) is 0 Å². The van der Waals surface area contributed by atoms with Crippen molar-refractivity contribution in [2.24, 2.45) is 0 Å². The lowest BCUT2D eigenvalue weighted by molar-refractivity contribution is 0.0778. The van der Waals surface area contributed by atoms with Crippen molar-refractivity contribution < 1.29 is 4.79 Å². The van der Waals surface area contributed by atoms with E-state index in [0.29, 0.717) is 6.04 Å². The summed E-state index contributed by atoms with van der Waals surface area (Å²) in [7, 11) is 1.91. The molecule has 0 bridgehead atoms. The molecule has 4 heteroatoms. The van der Waals surface area contributed by atoms with Gasteiger partial charge in [0.25, 0.3) is 5.91 Å². The van der Waals surface area contributed by atoms with E-state index in [0.717, 1.165) is 24.0 Å². The van der Waals surface area contributed by atoms with Gasteiger partial charge in [0.15, 0.2) is 0 Å². The van der Waals surface area contributed by atoms with Gasteiger partial charge < -0.3 is 10.2 Å². The van der Waals surface area contributed by atoms with Crippen LogP contribution in [0.15, 0.2) is 29.6 Å². The van der Waals surface area contributed by atoms with Crippen LogP contribution in [0, 0.1) is 0 Å². The van der Waals surface area contributed by atoms with Gasteiger partial charge >= 0.3 is 0 Å². The van der Waals surface area contributed by atoms with Crippen LogP contribution in [0.1, 0.15) is 29.6 Å². The first-order valence-electron chi connectivity index (χ1n) is 7.21. The SMILES string of the molecule is CN(CC1CCCCN1)C(=O)c1csc2ccccc12. The van der Waals surface area contributed by atoms with Gasteiger partial charge in [-0.3, -0.25) is 4.79 Å². The molecule has 1 N–H and O–H groups in total. The van der Waals surface area contributed by atoms with Gasteiger partial charge in [0, 0.05) is 35.1 Å². The maximum atomic E-state index is 12.6. The molecule has 3 nitrogen and oxygen atoms in total. The van der Waals surface area contributed by atoms with E-state index < -0.39 is 0 Å².